The maximum atomic E-state index is 13.0. The van der Waals surface area contributed by atoms with Gasteiger partial charge in [0, 0.05) is 5.39 Å². The van der Waals surface area contributed by atoms with Gasteiger partial charge >= 0.3 is 6.03 Å². The monoisotopic (exact) mass is 405 g/mol. The van der Waals surface area contributed by atoms with Crippen molar-refractivity contribution < 1.29 is 14.4 Å². The fourth-order valence-corrected chi connectivity index (χ4v) is 3.28. The quantitative estimate of drug-likeness (QED) is 0.642. The first-order valence-electron chi connectivity index (χ1n) is 9.41. The molecule has 0 bridgehead atoms. The Kier molecular flexibility index (Phi) is 4.57. The molecule has 2 N–H and O–H groups in total. The van der Waals surface area contributed by atoms with Crippen molar-refractivity contribution in [3.05, 3.63) is 70.6 Å². The molecule has 4 amide bonds. The van der Waals surface area contributed by atoms with Crippen LogP contribution in [-0.2, 0) is 4.79 Å². The molecule has 152 valence electrons. The number of hydrogen-bond acceptors (Lipinski definition) is 5. The van der Waals surface area contributed by atoms with Crippen LogP contribution in [-0.4, -0.2) is 38.2 Å². The third-order valence-electron chi connectivity index (χ3n) is 5.20. The Labute approximate surface area is 171 Å². The Bertz CT molecular complexity index is 1240. The van der Waals surface area contributed by atoms with Gasteiger partial charge in [-0.05, 0) is 31.5 Å². The fraction of sp³-hybridized carbons (Fsp3) is 0.190. The topological polar surface area (TPSA) is 113 Å². The van der Waals surface area contributed by atoms with Crippen molar-refractivity contribution in [1.29, 1.82) is 0 Å². The summed E-state index contributed by atoms with van der Waals surface area (Å²) in [4.78, 5) is 50.8. The summed E-state index contributed by atoms with van der Waals surface area (Å²) in [5.41, 5.74) is 1.25. The molecule has 1 aliphatic rings. The highest BCUT2D eigenvalue weighted by atomic mass is 16.2. The van der Waals surface area contributed by atoms with E-state index in [0.29, 0.717) is 22.5 Å². The molecule has 9 nitrogen and oxygen atoms in total. The third-order valence-corrected chi connectivity index (χ3v) is 5.20. The van der Waals surface area contributed by atoms with Gasteiger partial charge in [-0.25, -0.2) is 4.79 Å². The minimum absolute atomic E-state index is 0.0836. The number of rotatable bonds is 4. The molecule has 0 radical (unpaired) electrons. The van der Waals surface area contributed by atoms with Gasteiger partial charge in [-0.1, -0.05) is 43.3 Å². The number of fused-ring (bicyclic) bond motifs is 1. The van der Waals surface area contributed by atoms with E-state index >= 15 is 0 Å². The normalized spacial score (nSPS) is 18.5. The lowest BCUT2D eigenvalue weighted by Crippen LogP contribution is -2.49. The summed E-state index contributed by atoms with van der Waals surface area (Å²) in [5, 5.41) is 8.07. The molecule has 1 aromatic heterocycles. The minimum Gasteiger partial charge on any atom is -0.322 e. The number of para-hydroxylation sites is 1. The molecule has 0 spiro atoms. The van der Waals surface area contributed by atoms with Gasteiger partial charge < -0.3 is 5.32 Å². The molecule has 0 unspecified atom stereocenters. The standard InChI is InChI=1S/C21H19N5O4/c1-3-21(2)19(29)26(20(30)22-21)24-17(27)16-14-11-7-8-12-15(14)18(28)25(23-16)13-9-5-4-6-10-13/h4-12H,3H2,1-2H3,(H,22,30)(H,24,27)/t21-/m1/s1. The van der Waals surface area contributed by atoms with Crippen molar-refractivity contribution in [2.24, 2.45) is 0 Å². The molecule has 9 heteroatoms. The molecular formula is C21H19N5O4. The van der Waals surface area contributed by atoms with E-state index in [2.05, 4.69) is 15.8 Å². The van der Waals surface area contributed by atoms with Crippen LogP contribution in [0.5, 0.6) is 0 Å². The van der Waals surface area contributed by atoms with Crippen LogP contribution in [0.4, 0.5) is 4.79 Å². The number of nitrogens with zero attached hydrogens (tertiary/aromatic N) is 3. The molecule has 0 aliphatic carbocycles. The number of carbonyl (C=O) groups is 3. The lowest BCUT2D eigenvalue weighted by atomic mass is 10.00. The number of amides is 4. The Balaban J connectivity index is 1.80. The number of aromatic nitrogens is 2. The highest BCUT2D eigenvalue weighted by Gasteiger charge is 2.47. The second-order valence-electron chi connectivity index (χ2n) is 7.14. The van der Waals surface area contributed by atoms with Crippen molar-refractivity contribution in [3.8, 4) is 5.69 Å². The first-order chi connectivity index (χ1) is 14.4. The molecule has 2 heterocycles. The maximum Gasteiger partial charge on any atom is 0.344 e. The van der Waals surface area contributed by atoms with Crippen LogP contribution in [0.2, 0.25) is 0 Å². The zero-order valence-corrected chi connectivity index (χ0v) is 16.4. The lowest BCUT2D eigenvalue weighted by Gasteiger charge is -2.19. The van der Waals surface area contributed by atoms with Crippen LogP contribution in [0, 0.1) is 0 Å². The van der Waals surface area contributed by atoms with Crippen LogP contribution in [0.25, 0.3) is 16.5 Å². The molecule has 3 aromatic rings. The number of hydrazine groups is 1. The molecule has 4 rings (SSSR count). The van der Waals surface area contributed by atoms with Gasteiger partial charge in [-0.3, -0.25) is 19.8 Å². The summed E-state index contributed by atoms with van der Waals surface area (Å²) in [6.07, 6.45) is 0.365. The molecule has 1 fully saturated rings. The number of hydrogen-bond donors (Lipinski definition) is 2. The number of urea groups is 1. The maximum absolute atomic E-state index is 13.0. The Morgan fingerprint density at radius 2 is 1.67 bits per heavy atom. The Hall–Kier alpha value is -4.01. The summed E-state index contributed by atoms with van der Waals surface area (Å²) in [6.45, 7) is 3.34. The Morgan fingerprint density at radius 1 is 1.03 bits per heavy atom. The molecule has 2 aromatic carbocycles. The van der Waals surface area contributed by atoms with E-state index in [9.17, 15) is 19.2 Å². The average molecular weight is 405 g/mol. The van der Waals surface area contributed by atoms with E-state index in [4.69, 9.17) is 0 Å². The van der Waals surface area contributed by atoms with Crippen molar-refractivity contribution >= 4 is 28.6 Å². The first-order valence-corrected chi connectivity index (χ1v) is 9.41. The van der Waals surface area contributed by atoms with Gasteiger partial charge in [-0.2, -0.15) is 14.8 Å². The summed E-state index contributed by atoms with van der Waals surface area (Å²) in [7, 11) is 0. The van der Waals surface area contributed by atoms with Crippen LogP contribution in [0.15, 0.2) is 59.4 Å². The van der Waals surface area contributed by atoms with Crippen LogP contribution >= 0.6 is 0 Å². The zero-order chi connectivity index (χ0) is 21.5. The van der Waals surface area contributed by atoms with E-state index in [-0.39, 0.29) is 16.6 Å². The molecular weight excluding hydrogens is 386 g/mol. The molecule has 1 saturated heterocycles. The van der Waals surface area contributed by atoms with Gasteiger partial charge in [0.05, 0.1) is 11.1 Å². The highest BCUT2D eigenvalue weighted by Crippen LogP contribution is 2.20. The number of benzene rings is 2. The third kappa shape index (κ3) is 3.00. The predicted octanol–water partition coefficient (Wildman–Crippen LogP) is 1.75. The van der Waals surface area contributed by atoms with Gasteiger partial charge in [0.2, 0.25) is 0 Å². The Morgan fingerprint density at radius 3 is 2.30 bits per heavy atom. The second kappa shape index (κ2) is 7.11. The van der Waals surface area contributed by atoms with Crippen molar-refractivity contribution in [3.63, 3.8) is 0 Å². The second-order valence-corrected chi connectivity index (χ2v) is 7.14. The number of nitrogens with one attached hydrogen (secondary N) is 2. The molecule has 1 atom stereocenters. The van der Waals surface area contributed by atoms with Crippen molar-refractivity contribution in [2.75, 3.05) is 0 Å². The van der Waals surface area contributed by atoms with Gasteiger partial charge in [0.15, 0.2) is 5.69 Å². The summed E-state index contributed by atoms with van der Waals surface area (Å²) in [6, 6.07) is 14.5. The van der Waals surface area contributed by atoms with E-state index in [0.717, 1.165) is 4.68 Å². The van der Waals surface area contributed by atoms with Gasteiger partial charge in [0.25, 0.3) is 17.4 Å². The lowest BCUT2D eigenvalue weighted by molar-refractivity contribution is -0.132. The van der Waals surface area contributed by atoms with Crippen molar-refractivity contribution in [1.82, 2.24) is 25.5 Å². The van der Waals surface area contributed by atoms with E-state index in [1.807, 2.05) is 0 Å². The smallest absolute Gasteiger partial charge is 0.322 e. The van der Waals surface area contributed by atoms with Crippen molar-refractivity contribution in [2.45, 2.75) is 25.8 Å². The first kappa shape index (κ1) is 19.3. The van der Waals surface area contributed by atoms with Gasteiger partial charge in [-0.15, -0.1) is 0 Å². The summed E-state index contributed by atoms with van der Waals surface area (Å²) in [5.74, 6) is -1.34. The van der Waals surface area contributed by atoms with E-state index < -0.39 is 23.4 Å². The van der Waals surface area contributed by atoms with E-state index in [1.54, 1.807) is 68.4 Å². The number of imide groups is 1. The van der Waals surface area contributed by atoms with Crippen LogP contribution in [0.3, 0.4) is 0 Å². The van der Waals surface area contributed by atoms with Crippen LogP contribution < -0.4 is 16.3 Å². The van der Waals surface area contributed by atoms with Gasteiger partial charge in [0.1, 0.15) is 5.54 Å². The summed E-state index contributed by atoms with van der Waals surface area (Å²) >= 11 is 0. The van der Waals surface area contributed by atoms with E-state index in [1.165, 1.54) is 0 Å². The zero-order valence-electron chi connectivity index (χ0n) is 16.4. The average Bonchev–Trinajstić information content (AvgIpc) is 2.98. The largest absolute Gasteiger partial charge is 0.344 e. The molecule has 1 aliphatic heterocycles. The van der Waals surface area contributed by atoms with Crippen LogP contribution in [0.1, 0.15) is 30.8 Å². The predicted molar refractivity (Wildman–Crippen MR) is 109 cm³/mol. The molecule has 30 heavy (non-hydrogen) atoms. The SMILES string of the molecule is CC[C@@]1(C)NC(=O)N(NC(=O)c2nn(-c3ccccc3)c(=O)c3ccccc23)C1=O. The highest BCUT2D eigenvalue weighted by molar-refractivity contribution is 6.11. The minimum atomic E-state index is -1.09. The summed E-state index contributed by atoms with van der Waals surface area (Å²) < 4.78 is 1.12. The molecule has 0 saturated carbocycles. The fourth-order valence-electron chi connectivity index (χ4n) is 3.28. The number of carbonyl (C=O) groups excluding carboxylic acids is 3.